The number of benzene rings is 1. The molecular formula is C23H25N3O3. The van der Waals surface area contributed by atoms with Crippen LogP contribution in [0.5, 0.6) is 5.75 Å². The summed E-state index contributed by atoms with van der Waals surface area (Å²) in [6.45, 7) is 0.286. The topological polar surface area (TPSA) is 75.3 Å². The molecule has 0 aliphatic heterocycles. The van der Waals surface area contributed by atoms with Gasteiger partial charge in [-0.2, -0.15) is 0 Å². The van der Waals surface area contributed by atoms with Gasteiger partial charge < -0.3 is 14.6 Å². The normalized spacial score (nSPS) is 14.7. The first-order chi connectivity index (χ1) is 14.2. The summed E-state index contributed by atoms with van der Waals surface area (Å²) < 4.78 is 5.30. The Morgan fingerprint density at radius 3 is 2.62 bits per heavy atom. The highest BCUT2D eigenvalue weighted by molar-refractivity contribution is 5.94. The van der Waals surface area contributed by atoms with Gasteiger partial charge in [-0.25, -0.2) is 0 Å². The van der Waals surface area contributed by atoms with Crippen LogP contribution in [0.15, 0.2) is 53.6 Å². The smallest absolute Gasteiger partial charge is 0.254 e. The summed E-state index contributed by atoms with van der Waals surface area (Å²) in [7, 11) is 1.62. The lowest BCUT2D eigenvalue weighted by atomic mass is 9.93. The molecule has 0 spiro atoms. The van der Waals surface area contributed by atoms with Crippen LogP contribution in [0.1, 0.15) is 48.0 Å². The third kappa shape index (κ3) is 4.16. The number of H-pyrrole nitrogens is 1. The van der Waals surface area contributed by atoms with Crippen LogP contribution in [0.3, 0.4) is 0 Å². The van der Waals surface area contributed by atoms with Crippen LogP contribution >= 0.6 is 0 Å². The van der Waals surface area contributed by atoms with E-state index in [1.54, 1.807) is 31.6 Å². The lowest BCUT2D eigenvalue weighted by Crippen LogP contribution is -2.42. The predicted molar refractivity (Wildman–Crippen MR) is 112 cm³/mol. The molecule has 6 nitrogen and oxygen atoms in total. The van der Waals surface area contributed by atoms with Gasteiger partial charge in [0.1, 0.15) is 5.75 Å². The van der Waals surface area contributed by atoms with E-state index >= 15 is 0 Å². The highest BCUT2D eigenvalue weighted by Crippen LogP contribution is 2.26. The highest BCUT2D eigenvalue weighted by Gasteiger charge is 2.27. The maximum atomic E-state index is 13.3. The Morgan fingerprint density at radius 1 is 1.14 bits per heavy atom. The minimum Gasteiger partial charge on any atom is -0.497 e. The average molecular weight is 391 g/mol. The number of hydrogen-bond acceptors (Lipinski definition) is 4. The molecule has 1 aromatic carbocycles. The van der Waals surface area contributed by atoms with E-state index in [9.17, 15) is 9.59 Å². The molecule has 6 heteroatoms. The zero-order chi connectivity index (χ0) is 20.2. The number of aromatic nitrogens is 2. The standard InChI is InChI=1S/C23H25N3O3/c1-29-20-7-8-21-17(14-20)13-18(22(27)25-21)15-26(19-5-3-2-4-6-19)23(28)16-9-11-24-12-10-16/h7-14,19H,2-6,15H2,1H3,(H,25,27). The number of nitrogens with zero attached hydrogens (tertiary/aromatic N) is 2. The van der Waals surface area contributed by atoms with E-state index in [0.717, 1.165) is 42.3 Å². The Balaban J connectivity index is 1.70. The fourth-order valence-corrected chi connectivity index (χ4v) is 4.08. The third-order valence-corrected chi connectivity index (χ3v) is 5.67. The van der Waals surface area contributed by atoms with Crippen LogP contribution in [-0.2, 0) is 6.54 Å². The fourth-order valence-electron chi connectivity index (χ4n) is 4.08. The second-order valence-corrected chi connectivity index (χ2v) is 7.54. The summed E-state index contributed by atoms with van der Waals surface area (Å²) in [6.07, 6.45) is 8.60. The van der Waals surface area contributed by atoms with Crippen LogP contribution in [0.25, 0.3) is 10.9 Å². The Morgan fingerprint density at radius 2 is 1.90 bits per heavy atom. The molecule has 0 saturated heterocycles. The number of nitrogens with one attached hydrogen (secondary N) is 1. The van der Waals surface area contributed by atoms with Crippen molar-refractivity contribution in [2.45, 2.75) is 44.7 Å². The molecule has 1 aliphatic rings. The van der Waals surface area contributed by atoms with Gasteiger partial charge in [0.2, 0.25) is 0 Å². The van der Waals surface area contributed by atoms with Gasteiger partial charge in [0.05, 0.1) is 13.7 Å². The molecule has 1 fully saturated rings. The summed E-state index contributed by atoms with van der Waals surface area (Å²) in [5, 5.41) is 0.888. The quantitative estimate of drug-likeness (QED) is 0.716. The van der Waals surface area contributed by atoms with Crippen molar-refractivity contribution in [3.63, 3.8) is 0 Å². The number of ether oxygens (including phenoxy) is 1. The Labute approximate surface area is 169 Å². The van der Waals surface area contributed by atoms with Gasteiger partial charge in [0.25, 0.3) is 11.5 Å². The number of hydrogen-bond donors (Lipinski definition) is 1. The molecule has 4 rings (SSSR count). The van der Waals surface area contributed by atoms with Gasteiger partial charge >= 0.3 is 0 Å². The minimum atomic E-state index is -0.161. The number of aromatic amines is 1. The molecular weight excluding hydrogens is 366 g/mol. The number of rotatable bonds is 5. The summed E-state index contributed by atoms with van der Waals surface area (Å²) in [5.41, 5.74) is 1.78. The van der Waals surface area contributed by atoms with Crippen molar-refractivity contribution in [1.82, 2.24) is 14.9 Å². The van der Waals surface area contributed by atoms with E-state index < -0.39 is 0 Å². The van der Waals surface area contributed by atoms with Gasteiger partial charge in [-0.1, -0.05) is 19.3 Å². The molecule has 0 radical (unpaired) electrons. The lowest BCUT2D eigenvalue weighted by molar-refractivity contribution is 0.0613. The van der Waals surface area contributed by atoms with E-state index in [1.165, 1.54) is 6.42 Å². The van der Waals surface area contributed by atoms with E-state index in [-0.39, 0.29) is 24.1 Å². The molecule has 29 heavy (non-hydrogen) atoms. The van der Waals surface area contributed by atoms with E-state index in [4.69, 9.17) is 4.74 Å². The molecule has 0 atom stereocenters. The van der Waals surface area contributed by atoms with E-state index in [1.807, 2.05) is 29.2 Å². The number of methoxy groups -OCH3 is 1. The van der Waals surface area contributed by atoms with Crippen molar-refractivity contribution in [2.75, 3.05) is 7.11 Å². The van der Waals surface area contributed by atoms with Crippen molar-refractivity contribution < 1.29 is 9.53 Å². The number of carbonyl (C=O) groups excluding carboxylic acids is 1. The molecule has 2 heterocycles. The maximum Gasteiger partial charge on any atom is 0.254 e. The van der Waals surface area contributed by atoms with Gasteiger partial charge in [-0.05, 0) is 49.2 Å². The number of fused-ring (bicyclic) bond motifs is 1. The molecule has 1 N–H and O–H groups in total. The summed E-state index contributed by atoms with van der Waals surface area (Å²) >= 11 is 0. The largest absolute Gasteiger partial charge is 0.497 e. The second-order valence-electron chi connectivity index (χ2n) is 7.54. The monoisotopic (exact) mass is 391 g/mol. The van der Waals surface area contributed by atoms with Crippen molar-refractivity contribution in [1.29, 1.82) is 0 Å². The second kappa shape index (κ2) is 8.47. The first-order valence-corrected chi connectivity index (χ1v) is 10.1. The predicted octanol–water partition coefficient (Wildman–Crippen LogP) is 3.91. The molecule has 3 aromatic rings. The molecule has 2 aromatic heterocycles. The molecule has 150 valence electrons. The zero-order valence-electron chi connectivity index (χ0n) is 16.6. The van der Waals surface area contributed by atoms with Crippen molar-refractivity contribution in [3.8, 4) is 5.75 Å². The number of amides is 1. The average Bonchev–Trinajstić information content (AvgIpc) is 2.78. The van der Waals surface area contributed by atoms with Crippen molar-refractivity contribution in [2.24, 2.45) is 0 Å². The Bertz CT molecular complexity index is 1060. The zero-order valence-corrected chi connectivity index (χ0v) is 16.6. The van der Waals surface area contributed by atoms with Crippen molar-refractivity contribution >= 4 is 16.8 Å². The molecule has 0 bridgehead atoms. The van der Waals surface area contributed by atoms with Crippen LogP contribution in [0, 0.1) is 0 Å². The van der Waals surface area contributed by atoms with Gasteiger partial charge in [-0.3, -0.25) is 14.6 Å². The summed E-state index contributed by atoms with van der Waals surface area (Å²) in [4.78, 5) is 34.8. The van der Waals surface area contributed by atoms with Gasteiger partial charge in [0.15, 0.2) is 0 Å². The SMILES string of the molecule is COc1ccc2[nH]c(=O)c(CN(C(=O)c3ccncc3)C3CCCCC3)cc2c1. The van der Waals surface area contributed by atoms with Gasteiger partial charge in [0, 0.05) is 40.5 Å². The van der Waals surface area contributed by atoms with E-state index in [0.29, 0.717) is 11.1 Å². The minimum absolute atomic E-state index is 0.0514. The first-order valence-electron chi connectivity index (χ1n) is 10.1. The molecule has 1 aliphatic carbocycles. The van der Waals surface area contributed by atoms with Gasteiger partial charge in [-0.15, -0.1) is 0 Å². The van der Waals surface area contributed by atoms with Crippen LogP contribution in [0.2, 0.25) is 0 Å². The molecule has 1 saturated carbocycles. The molecule has 0 unspecified atom stereocenters. The highest BCUT2D eigenvalue weighted by atomic mass is 16.5. The van der Waals surface area contributed by atoms with Crippen LogP contribution in [-0.4, -0.2) is 33.9 Å². The maximum absolute atomic E-state index is 13.3. The summed E-state index contributed by atoms with van der Waals surface area (Å²) in [6, 6.07) is 11.0. The molecule has 1 amide bonds. The summed E-state index contributed by atoms with van der Waals surface area (Å²) in [5.74, 6) is 0.678. The number of pyridine rings is 2. The van der Waals surface area contributed by atoms with Crippen LogP contribution < -0.4 is 10.3 Å². The Kier molecular flexibility index (Phi) is 5.60. The van der Waals surface area contributed by atoms with E-state index in [2.05, 4.69) is 9.97 Å². The third-order valence-electron chi connectivity index (χ3n) is 5.67. The fraction of sp³-hybridized carbons (Fsp3) is 0.348. The Hall–Kier alpha value is -3.15. The van der Waals surface area contributed by atoms with Crippen LogP contribution in [0.4, 0.5) is 0 Å². The van der Waals surface area contributed by atoms with Crippen molar-refractivity contribution in [3.05, 3.63) is 70.3 Å². The number of carbonyl (C=O) groups is 1. The first kappa shape index (κ1) is 19.2. The lowest BCUT2D eigenvalue weighted by Gasteiger charge is -2.34.